The van der Waals surface area contributed by atoms with E-state index in [1.54, 1.807) is 24.6 Å². The van der Waals surface area contributed by atoms with Crippen LogP contribution in [-0.2, 0) is 14.8 Å². The van der Waals surface area contributed by atoms with Gasteiger partial charge in [0.1, 0.15) is 9.96 Å². The minimum Gasteiger partial charge on any atom is -0.495 e. The number of rotatable bonds is 6. The molecule has 2 N–H and O–H groups in total. The number of thiophene rings is 1. The number of quaternary nitrogens is 1. The number of carbonyl (C=O) groups is 1. The van der Waals surface area contributed by atoms with E-state index in [0.717, 1.165) is 10.5 Å². The molecule has 9 heteroatoms. The Morgan fingerprint density at radius 1 is 1.30 bits per heavy atom. The van der Waals surface area contributed by atoms with Crippen LogP contribution < -0.4 is 15.0 Å². The van der Waals surface area contributed by atoms with Crippen molar-refractivity contribution in [2.24, 2.45) is 0 Å². The average molecular weight is 411 g/mol. The Morgan fingerprint density at radius 2 is 2.04 bits per heavy atom. The first kappa shape index (κ1) is 19.8. The SMILES string of the molecule is COc1ccc(C)cc1NC(=O)C[NH+]1CCN(S(=O)(=O)c2cccs2)CC1. The minimum atomic E-state index is -3.41. The molecular formula is C18H24N3O4S2+. The van der Waals surface area contributed by atoms with Crippen LogP contribution in [0.25, 0.3) is 0 Å². The lowest BCUT2D eigenvalue weighted by Gasteiger charge is -2.30. The van der Waals surface area contributed by atoms with Crippen LogP contribution in [0.5, 0.6) is 5.75 Å². The second-order valence-corrected chi connectivity index (χ2v) is 9.63. The molecule has 2 aromatic rings. The van der Waals surface area contributed by atoms with Crippen molar-refractivity contribution in [2.45, 2.75) is 11.1 Å². The number of amides is 1. The van der Waals surface area contributed by atoms with Gasteiger partial charge in [0.25, 0.3) is 15.9 Å². The number of carbonyl (C=O) groups excluding carboxylic acids is 1. The molecule has 0 saturated carbocycles. The third-order valence-corrected chi connectivity index (χ3v) is 7.83. The Balaban J connectivity index is 1.55. The highest BCUT2D eigenvalue weighted by Crippen LogP contribution is 2.25. The third-order valence-electron chi connectivity index (χ3n) is 4.56. The van der Waals surface area contributed by atoms with Crippen molar-refractivity contribution in [2.75, 3.05) is 45.2 Å². The summed E-state index contributed by atoms with van der Waals surface area (Å²) in [6.45, 7) is 4.27. The van der Waals surface area contributed by atoms with Gasteiger partial charge in [-0.25, -0.2) is 8.42 Å². The third kappa shape index (κ3) is 4.67. The first-order valence-corrected chi connectivity index (χ1v) is 11.0. The average Bonchev–Trinajstić information content (AvgIpc) is 3.18. The molecule has 0 bridgehead atoms. The number of hydrogen-bond donors (Lipinski definition) is 2. The highest BCUT2D eigenvalue weighted by Gasteiger charge is 2.31. The summed E-state index contributed by atoms with van der Waals surface area (Å²) in [6, 6.07) is 8.99. The first-order chi connectivity index (χ1) is 12.9. The molecule has 1 aliphatic heterocycles. The van der Waals surface area contributed by atoms with E-state index in [2.05, 4.69) is 5.32 Å². The Kier molecular flexibility index (Phi) is 6.15. The van der Waals surface area contributed by atoms with Crippen LogP contribution in [0.1, 0.15) is 5.56 Å². The highest BCUT2D eigenvalue weighted by atomic mass is 32.2. The van der Waals surface area contributed by atoms with Crippen molar-refractivity contribution in [3.8, 4) is 5.75 Å². The van der Waals surface area contributed by atoms with Crippen molar-refractivity contribution in [1.29, 1.82) is 0 Å². The molecule has 0 aliphatic carbocycles. The van der Waals surface area contributed by atoms with E-state index in [1.807, 2.05) is 25.1 Å². The van der Waals surface area contributed by atoms with E-state index in [9.17, 15) is 13.2 Å². The van der Waals surface area contributed by atoms with E-state index in [1.165, 1.54) is 15.6 Å². The standard InChI is InChI=1S/C18H23N3O4S2/c1-14-5-6-16(25-2)15(12-14)19-17(22)13-20-7-9-21(10-8-20)27(23,24)18-4-3-11-26-18/h3-6,11-12H,7-10,13H2,1-2H3,(H,19,22)/p+1. The predicted octanol–water partition coefficient (Wildman–Crippen LogP) is 0.593. The van der Waals surface area contributed by atoms with Crippen molar-refractivity contribution in [3.63, 3.8) is 0 Å². The number of sulfonamides is 1. The number of benzene rings is 1. The molecule has 0 unspecified atom stereocenters. The first-order valence-electron chi connectivity index (χ1n) is 8.72. The largest absolute Gasteiger partial charge is 0.495 e. The molecular weight excluding hydrogens is 386 g/mol. The number of methoxy groups -OCH3 is 1. The Morgan fingerprint density at radius 3 is 2.67 bits per heavy atom. The van der Waals surface area contributed by atoms with Gasteiger partial charge >= 0.3 is 0 Å². The fourth-order valence-electron chi connectivity index (χ4n) is 3.10. The molecule has 2 heterocycles. The van der Waals surface area contributed by atoms with Gasteiger partial charge in [-0.3, -0.25) is 4.79 Å². The maximum absolute atomic E-state index is 12.6. The van der Waals surface area contributed by atoms with E-state index < -0.39 is 10.0 Å². The lowest BCUT2D eigenvalue weighted by atomic mass is 10.2. The second-order valence-electron chi connectivity index (χ2n) is 6.51. The smallest absolute Gasteiger partial charge is 0.279 e. The quantitative estimate of drug-likeness (QED) is 0.731. The highest BCUT2D eigenvalue weighted by molar-refractivity contribution is 7.91. The summed E-state index contributed by atoms with van der Waals surface area (Å²) in [4.78, 5) is 13.5. The number of anilines is 1. The van der Waals surface area contributed by atoms with Gasteiger partial charge in [-0.15, -0.1) is 11.3 Å². The molecule has 1 aromatic heterocycles. The Bertz CT molecular complexity index is 889. The van der Waals surface area contributed by atoms with Gasteiger partial charge in [-0.1, -0.05) is 12.1 Å². The topological polar surface area (TPSA) is 80.2 Å². The molecule has 0 atom stereocenters. The lowest BCUT2D eigenvalue weighted by Crippen LogP contribution is -3.15. The summed E-state index contributed by atoms with van der Waals surface area (Å²) in [7, 11) is -1.84. The van der Waals surface area contributed by atoms with Crippen LogP contribution in [0.3, 0.4) is 0 Å². The zero-order valence-electron chi connectivity index (χ0n) is 15.4. The van der Waals surface area contributed by atoms with E-state index >= 15 is 0 Å². The fraction of sp³-hybridized carbons (Fsp3) is 0.389. The van der Waals surface area contributed by atoms with Gasteiger partial charge in [0, 0.05) is 0 Å². The molecule has 7 nitrogen and oxygen atoms in total. The van der Waals surface area contributed by atoms with Crippen LogP contribution in [0, 0.1) is 6.92 Å². The zero-order chi connectivity index (χ0) is 19.4. The van der Waals surface area contributed by atoms with Crippen LogP contribution in [-0.4, -0.2) is 58.5 Å². The van der Waals surface area contributed by atoms with Gasteiger partial charge in [0.2, 0.25) is 0 Å². The molecule has 1 aromatic carbocycles. The maximum Gasteiger partial charge on any atom is 0.279 e. The van der Waals surface area contributed by atoms with Crippen molar-refractivity contribution >= 4 is 33.0 Å². The maximum atomic E-state index is 12.6. The number of ether oxygens (including phenoxy) is 1. The monoisotopic (exact) mass is 410 g/mol. The van der Waals surface area contributed by atoms with Crippen molar-refractivity contribution < 1.29 is 22.8 Å². The van der Waals surface area contributed by atoms with E-state index in [-0.39, 0.29) is 5.91 Å². The van der Waals surface area contributed by atoms with Crippen molar-refractivity contribution in [3.05, 3.63) is 41.3 Å². The number of nitrogens with one attached hydrogen (secondary N) is 2. The molecule has 3 rings (SSSR count). The summed E-state index contributed by atoms with van der Waals surface area (Å²) in [5.41, 5.74) is 1.69. The van der Waals surface area contributed by atoms with Crippen LogP contribution in [0.2, 0.25) is 0 Å². The fourth-order valence-corrected chi connectivity index (χ4v) is 5.68. The second kappa shape index (κ2) is 8.39. The van der Waals surface area contributed by atoms with Gasteiger partial charge < -0.3 is 15.0 Å². The van der Waals surface area contributed by atoms with E-state index in [0.29, 0.717) is 48.4 Å². The molecule has 0 spiro atoms. The van der Waals surface area contributed by atoms with Crippen LogP contribution >= 0.6 is 11.3 Å². The number of hydrogen-bond acceptors (Lipinski definition) is 5. The van der Waals surface area contributed by atoms with Gasteiger partial charge in [0.05, 0.1) is 39.0 Å². The molecule has 1 amide bonds. The predicted molar refractivity (Wildman–Crippen MR) is 105 cm³/mol. The minimum absolute atomic E-state index is 0.108. The zero-order valence-corrected chi connectivity index (χ0v) is 17.0. The van der Waals surface area contributed by atoms with Gasteiger partial charge in [-0.2, -0.15) is 4.31 Å². The van der Waals surface area contributed by atoms with Crippen LogP contribution in [0.4, 0.5) is 5.69 Å². The molecule has 27 heavy (non-hydrogen) atoms. The summed E-state index contributed by atoms with van der Waals surface area (Å²) < 4.78 is 32.3. The lowest BCUT2D eigenvalue weighted by molar-refractivity contribution is -0.895. The molecule has 0 radical (unpaired) electrons. The summed E-state index contributed by atoms with van der Waals surface area (Å²) in [6.07, 6.45) is 0. The van der Waals surface area contributed by atoms with E-state index in [4.69, 9.17) is 4.74 Å². The molecule has 146 valence electrons. The van der Waals surface area contributed by atoms with Crippen LogP contribution in [0.15, 0.2) is 39.9 Å². The Hall–Kier alpha value is -1.94. The Labute approximate surface area is 163 Å². The number of nitrogens with zero attached hydrogens (tertiary/aromatic N) is 1. The number of aryl methyl sites for hydroxylation is 1. The molecule has 1 saturated heterocycles. The van der Waals surface area contributed by atoms with Gasteiger partial charge in [-0.05, 0) is 36.1 Å². The normalized spacial score (nSPS) is 16.2. The van der Waals surface area contributed by atoms with Crippen molar-refractivity contribution in [1.82, 2.24) is 4.31 Å². The summed E-state index contributed by atoms with van der Waals surface area (Å²) in [5, 5.41) is 4.66. The molecule has 1 fully saturated rings. The molecule has 1 aliphatic rings. The summed E-state index contributed by atoms with van der Waals surface area (Å²) >= 11 is 1.23. The van der Waals surface area contributed by atoms with Gasteiger partial charge in [0.15, 0.2) is 6.54 Å². The number of piperazine rings is 1. The summed E-state index contributed by atoms with van der Waals surface area (Å²) in [5.74, 6) is 0.513.